The Morgan fingerprint density at radius 1 is 1.15 bits per heavy atom. The van der Waals surface area contributed by atoms with Crippen LogP contribution in [0.25, 0.3) is 22.1 Å². The number of hydrogen-bond acceptors (Lipinski definition) is 3. The van der Waals surface area contributed by atoms with Gasteiger partial charge in [-0.2, -0.15) is 0 Å². The SMILES string of the molecule is CCc1ccc2c(n1)oc1c(N3C=CB(C4CCCC4)[C@@H]3C)c(C)ccc12. The van der Waals surface area contributed by atoms with Gasteiger partial charge in [-0.25, -0.2) is 4.98 Å². The predicted octanol–water partition coefficient (Wildman–Crippen LogP) is 6.09. The molecule has 3 heterocycles. The van der Waals surface area contributed by atoms with Crippen LogP contribution < -0.4 is 4.90 Å². The number of rotatable bonds is 3. The van der Waals surface area contributed by atoms with Crippen molar-refractivity contribution in [2.75, 3.05) is 4.90 Å². The highest BCUT2D eigenvalue weighted by Crippen LogP contribution is 2.42. The minimum atomic E-state index is 0.477. The summed E-state index contributed by atoms with van der Waals surface area (Å²) in [6.45, 7) is 7.34. The van der Waals surface area contributed by atoms with E-state index in [1.165, 1.54) is 42.3 Å². The molecule has 5 rings (SSSR count). The predicted molar refractivity (Wildman–Crippen MR) is 115 cm³/mol. The van der Waals surface area contributed by atoms with Crippen LogP contribution in [-0.4, -0.2) is 17.6 Å². The molecule has 2 aliphatic rings. The Morgan fingerprint density at radius 3 is 2.70 bits per heavy atom. The highest BCUT2D eigenvalue weighted by Gasteiger charge is 2.38. The van der Waals surface area contributed by atoms with Crippen LogP contribution in [0.1, 0.15) is 50.8 Å². The molecule has 1 atom stereocenters. The largest absolute Gasteiger partial charge is 0.435 e. The van der Waals surface area contributed by atoms with E-state index in [1.54, 1.807) is 0 Å². The zero-order chi connectivity index (χ0) is 18.5. The molecular weight excluding hydrogens is 331 g/mol. The fourth-order valence-electron chi connectivity index (χ4n) is 5.21. The Morgan fingerprint density at radius 2 is 1.93 bits per heavy atom. The second-order valence-electron chi connectivity index (χ2n) is 8.33. The number of aryl methyl sites for hydroxylation is 2. The normalized spacial score (nSPS) is 20.6. The van der Waals surface area contributed by atoms with E-state index in [1.807, 2.05) is 0 Å². The molecule has 0 amide bonds. The van der Waals surface area contributed by atoms with Crippen molar-refractivity contribution in [1.82, 2.24) is 4.98 Å². The maximum atomic E-state index is 6.34. The van der Waals surface area contributed by atoms with Crippen LogP contribution in [0, 0.1) is 6.92 Å². The maximum absolute atomic E-state index is 6.34. The van der Waals surface area contributed by atoms with Gasteiger partial charge < -0.3 is 9.32 Å². The molecule has 0 N–H and O–H groups in total. The first-order valence-electron chi connectivity index (χ1n) is 10.5. The van der Waals surface area contributed by atoms with Crippen molar-refractivity contribution >= 4 is 34.5 Å². The summed E-state index contributed by atoms with van der Waals surface area (Å²) in [4.78, 5) is 7.17. The maximum Gasteiger partial charge on any atom is 0.227 e. The Hall–Kier alpha value is -2.23. The molecule has 1 fully saturated rings. The molecular formula is C23H27BN2O. The van der Waals surface area contributed by atoms with Crippen LogP contribution in [0.4, 0.5) is 5.69 Å². The molecule has 1 aliphatic heterocycles. The van der Waals surface area contributed by atoms with Gasteiger partial charge >= 0.3 is 0 Å². The number of pyridine rings is 1. The Kier molecular flexibility index (Phi) is 4.03. The third kappa shape index (κ3) is 2.61. The van der Waals surface area contributed by atoms with Crippen LogP contribution in [-0.2, 0) is 6.42 Å². The van der Waals surface area contributed by atoms with Crippen molar-refractivity contribution in [2.24, 2.45) is 0 Å². The second-order valence-corrected chi connectivity index (χ2v) is 8.33. The minimum absolute atomic E-state index is 0.477. The highest BCUT2D eigenvalue weighted by molar-refractivity contribution is 6.69. The van der Waals surface area contributed by atoms with Gasteiger partial charge in [-0.05, 0) is 37.2 Å². The number of aromatic nitrogens is 1. The molecule has 0 saturated heterocycles. The molecule has 0 bridgehead atoms. The topological polar surface area (TPSA) is 29.3 Å². The highest BCUT2D eigenvalue weighted by atomic mass is 16.3. The first kappa shape index (κ1) is 16.9. The summed E-state index contributed by atoms with van der Waals surface area (Å²) in [6, 6.07) is 8.69. The number of benzene rings is 1. The minimum Gasteiger partial charge on any atom is -0.435 e. The lowest BCUT2D eigenvalue weighted by molar-refractivity contribution is 0.649. The molecule has 4 heteroatoms. The lowest BCUT2D eigenvalue weighted by atomic mass is 9.37. The third-order valence-electron chi connectivity index (χ3n) is 6.77. The van der Waals surface area contributed by atoms with E-state index in [4.69, 9.17) is 9.40 Å². The average Bonchev–Trinajstić information content (AvgIpc) is 3.39. The molecule has 1 aromatic carbocycles. The summed E-state index contributed by atoms with van der Waals surface area (Å²) in [5.41, 5.74) is 5.30. The van der Waals surface area contributed by atoms with Gasteiger partial charge in [-0.1, -0.05) is 63.5 Å². The van der Waals surface area contributed by atoms with Crippen molar-refractivity contribution < 1.29 is 4.42 Å². The lowest BCUT2D eigenvalue weighted by Gasteiger charge is -2.29. The average molecular weight is 358 g/mol. The third-order valence-corrected chi connectivity index (χ3v) is 6.77. The molecule has 138 valence electrons. The van der Waals surface area contributed by atoms with E-state index in [2.05, 4.69) is 62.1 Å². The number of fused-ring (bicyclic) bond motifs is 3. The summed E-state index contributed by atoms with van der Waals surface area (Å²) in [5, 5.41) is 2.29. The number of hydrogen-bond donors (Lipinski definition) is 0. The van der Waals surface area contributed by atoms with E-state index in [-0.39, 0.29) is 0 Å². The van der Waals surface area contributed by atoms with Crippen LogP contribution in [0.15, 0.2) is 40.9 Å². The summed E-state index contributed by atoms with van der Waals surface area (Å²) in [5.74, 6) is 3.75. The van der Waals surface area contributed by atoms with Gasteiger partial charge in [0.2, 0.25) is 5.71 Å². The molecule has 1 saturated carbocycles. The molecule has 1 aliphatic carbocycles. The van der Waals surface area contributed by atoms with Crippen molar-refractivity contribution in [2.45, 2.75) is 64.6 Å². The zero-order valence-electron chi connectivity index (χ0n) is 16.5. The van der Waals surface area contributed by atoms with Gasteiger partial charge in [0.05, 0.1) is 5.69 Å². The first-order chi connectivity index (χ1) is 13.2. The summed E-state index contributed by atoms with van der Waals surface area (Å²) in [6.07, 6.45) is 8.77. The van der Waals surface area contributed by atoms with Crippen molar-refractivity contribution in [3.63, 3.8) is 0 Å². The van der Waals surface area contributed by atoms with Crippen molar-refractivity contribution in [1.29, 1.82) is 0 Å². The van der Waals surface area contributed by atoms with E-state index in [0.29, 0.717) is 12.7 Å². The molecule has 0 spiro atoms. The number of nitrogens with zero attached hydrogens (tertiary/aromatic N) is 2. The molecule has 0 radical (unpaired) electrons. The lowest BCUT2D eigenvalue weighted by Crippen LogP contribution is -2.38. The van der Waals surface area contributed by atoms with E-state index in [0.717, 1.165) is 34.6 Å². The number of anilines is 1. The number of furan rings is 1. The molecule has 0 unspecified atom stereocenters. The van der Waals surface area contributed by atoms with Gasteiger partial charge in [-0.3, -0.25) is 0 Å². The standard InChI is InChI=1S/C23H27BN2O/c1-4-18-10-12-20-19-11-9-15(2)21(22(19)27-23(20)25-18)26-14-13-24(16(26)3)17-7-5-6-8-17/h9-14,16-17H,4-8H2,1-3H3/t16-/m0/s1. The first-order valence-corrected chi connectivity index (χ1v) is 10.5. The Balaban J connectivity index is 1.62. The Labute approximate surface area is 161 Å². The fraction of sp³-hybridized carbons (Fsp3) is 0.435. The second kappa shape index (κ2) is 6.44. The zero-order valence-corrected chi connectivity index (χ0v) is 16.5. The monoisotopic (exact) mass is 358 g/mol. The van der Waals surface area contributed by atoms with Gasteiger partial charge in [-0.15, -0.1) is 0 Å². The van der Waals surface area contributed by atoms with Crippen LogP contribution >= 0.6 is 0 Å². The van der Waals surface area contributed by atoms with E-state index >= 15 is 0 Å². The fourth-order valence-corrected chi connectivity index (χ4v) is 5.21. The molecule has 3 aromatic rings. The summed E-state index contributed by atoms with van der Waals surface area (Å²) in [7, 11) is 0. The quantitative estimate of drug-likeness (QED) is 0.531. The smallest absolute Gasteiger partial charge is 0.227 e. The van der Waals surface area contributed by atoms with Crippen molar-refractivity contribution in [3.8, 4) is 0 Å². The molecule has 2 aromatic heterocycles. The summed E-state index contributed by atoms with van der Waals surface area (Å²) < 4.78 is 6.34. The van der Waals surface area contributed by atoms with Gasteiger partial charge in [0.1, 0.15) is 0 Å². The Bertz CT molecular complexity index is 1030. The van der Waals surface area contributed by atoms with Crippen molar-refractivity contribution in [3.05, 3.63) is 47.7 Å². The van der Waals surface area contributed by atoms with Crippen LogP contribution in [0.2, 0.25) is 5.82 Å². The van der Waals surface area contributed by atoms with Gasteiger partial charge in [0.25, 0.3) is 0 Å². The van der Waals surface area contributed by atoms with Gasteiger partial charge in [0.15, 0.2) is 12.3 Å². The van der Waals surface area contributed by atoms with E-state index < -0.39 is 0 Å². The van der Waals surface area contributed by atoms with E-state index in [9.17, 15) is 0 Å². The molecule has 27 heavy (non-hydrogen) atoms. The van der Waals surface area contributed by atoms with Gasteiger partial charge in [0, 0.05) is 22.4 Å². The molecule has 3 nitrogen and oxygen atoms in total. The summed E-state index contributed by atoms with van der Waals surface area (Å²) >= 11 is 0. The van der Waals surface area contributed by atoms with Crippen LogP contribution in [0.3, 0.4) is 0 Å². The van der Waals surface area contributed by atoms with Crippen LogP contribution in [0.5, 0.6) is 0 Å².